The van der Waals surface area contributed by atoms with E-state index in [0.717, 1.165) is 35.6 Å². The smallest absolute Gasteiger partial charge is 0.270 e. The molecular weight excluding hydrogens is 366 g/mol. The molecular formula is C22H25N5O2. The first-order chi connectivity index (χ1) is 14.0. The van der Waals surface area contributed by atoms with Gasteiger partial charge in [0.15, 0.2) is 0 Å². The highest BCUT2D eigenvalue weighted by Gasteiger charge is 2.30. The largest absolute Gasteiger partial charge is 0.368 e. The number of nitrogens with zero attached hydrogens (tertiary/aromatic N) is 5. The number of amides is 2. The first kappa shape index (κ1) is 19.1. The number of pyridine rings is 1. The lowest BCUT2D eigenvalue weighted by Crippen LogP contribution is -2.51. The quantitative estimate of drug-likeness (QED) is 0.806. The Bertz CT molecular complexity index is 949. The molecule has 2 aromatic rings. The van der Waals surface area contributed by atoms with Crippen molar-refractivity contribution in [1.29, 1.82) is 0 Å². The number of hydrazone groups is 1. The highest BCUT2D eigenvalue weighted by atomic mass is 16.2. The topological polar surface area (TPSA) is 69.1 Å². The molecule has 2 aliphatic rings. The number of piperazine rings is 1. The van der Waals surface area contributed by atoms with Crippen LogP contribution in [0.4, 0.5) is 11.4 Å². The van der Waals surface area contributed by atoms with Crippen LogP contribution in [0, 0.1) is 13.8 Å². The van der Waals surface area contributed by atoms with Crippen molar-refractivity contribution in [2.75, 3.05) is 36.1 Å². The number of aryl methyl sites for hydroxylation is 2. The second-order valence-corrected chi connectivity index (χ2v) is 7.53. The highest BCUT2D eigenvalue weighted by Crippen LogP contribution is 2.26. The van der Waals surface area contributed by atoms with Crippen molar-refractivity contribution in [3.05, 3.63) is 53.9 Å². The zero-order valence-electron chi connectivity index (χ0n) is 16.8. The molecule has 0 spiro atoms. The molecule has 0 bridgehead atoms. The Hall–Kier alpha value is -3.22. The van der Waals surface area contributed by atoms with Crippen LogP contribution in [0.1, 0.15) is 24.0 Å². The molecule has 7 nitrogen and oxygen atoms in total. The van der Waals surface area contributed by atoms with Crippen molar-refractivity contribution >= 4 is 28.9 Å². The third-order valence-electron chi connectivity index (χ3n) is 5.47. The molecule has 150 valence electrons. The fourth-order valence-electron chi connectivity index (χ4n) is 3.75. The van der Waals surface area contributed by atoms with Gasteiger partial charge in [-0.05, 0) is 43.2 Å². The number of carbonyl (C=O) groups excluding carboxylic acids is 2. The first-order valence-electron chi connectivity index (χ1n) is 9.95. The maximum absolute atomic E-state index is 13.1. The van der Waals surface area contributed by atoms with Gasteiger partial charge < -0.3 is 9.80 Å². The Kier molecular flexibility index (Phi) is 5.29. The van der Waals surface area contributed by atoms with Crippen molar-refractivity contribution in [2.24, 2.45) is 5.10 Å². The standard InChI is InChI=1S/C22H25N5O2/c1-16-3-4-17(2)20(15-16)27-21(28)6-5-19(24-27)22(29)26-13-11-25(12-14-26)18-7-9-23-10-8-18/h3-4,7-10,15H,5-6,11-14H2,1-2H3. The number of carbonyl (C=O) groups is 2. The summed E-state index contributed by atoms with van der Waals surface area (Å²) in [6.07, 6.45) is 4.25. The van der Waals surface area contributed by atoms with E-state index in [4.69, 9.17) is 0 Å². The van der Waals surface area contributed by atoms with Gasteiger partial charge in [0.2, 0.25) is 5.91 Å². The van der Waals surface area contributed by atoms with E-state index in [2.05, 4.69) is 15.0 Å². The first-order valence-corrected chi connectivity index (χ1v) is 9.95. The number of hydrogen-bond donors (Lipinski definition) is 0. The van der Waals surface area contributed by atoms with Gasteiger partial charge in [-0.1, -0.05) is 12.1 Å². The minimum atomic E-state index is -0.0715. The second kappa shape index (κ2) is 8.03. The monoisotopic (exact) mass is 391 g/mol. The van der Waals surface area contributed by atoms with Gasteiger partial charge in [-0.25, -0.2) is 5.01 Å². The van der Waals surface area contributed by atoms with Crippen molar-refractivity contribution in [1.82, 2.24) is 9.88 Å². The van der Waals surface area contributed by atoms with Crippen molar-refractivity contribution < 1.29 is 9.59 Å². The third kappa shape index (κ3) is 3.99. The van der Waals surface area contributed by atoms with Crippen molar-refractivity contribution in [3.8, 4) is 0 Å². The Morgan fingerprint density at radius 1 is 0.966 bits per heavy atom. The predicted octanol–water partition coefficient (Wildman–Crippen LogP) is 2.53. The maximum atomic E-state index is 13.1. The predicted molar refractivity (Wildman–Crippen MR) is 113 cm³/mol. The molecule has 0 saturated carbocycles. The van der Waals surface area contributed by atoms with E-state index in [0.29, 0.717) is 31.6 Å². The van der Waals surface area contributed by atoms with E-state index >= 15 is 0 Å². The van der Waals surface area contributed by atoms with Gasteiger partial charge in [0.05, 0.1) is 5.69 Å². The fraction of sp³-hybridized carbons (Fsp3) is 0.364. The van der Waals surface area contributed by atoms with Gasteiger partial charge in [0.1, 0.15) is 5.71 Å². The Balaban J connectivity index is 1.48. The summed E-state index contributed by atoms with van der Waals surface area (Å²) >= 11 is 0. The second-order valence-electron chi connectivity index (χ2n) is 7.53. The Morgan fingerprint density at radius 3 is 2.41 bits per heavy atom. The average molecular weight is 391 g/mol. The molecule has 0 atom stereocenters. The van der Waals surface area contributed by atoms with Crippen LogP contribution < -0.4 is 9.91 Å². The molecule has 29 heavy (non-hydrogen) atoms. The molecule has 1 aromatic heterocycles. The summed E-state index contributed by atoms with van der Waals surface area (Å²) in [6, 6.07) is 9.89. The van der Waals surface area contributed by atoms with Crippen LogP contribution in [0.3, 0.4) is 0 Å². The summed E-state index contributed by atoms with van der Waals surface area (Å²) in [4.78, 5) is 33.7. The molecule has 0 aliphatic carbocycles. The van der Waals surface area contributed by atoms with Crippen molar-refractivity contribution in [2.45, 2.75) is 26.7 Å². The van der Waals surface area contributed by atoms with Crippen LogP contribution in [-0.4, -0.2) is 53.6 Å². The Morgan fingerprint density at radius 2 is 1.69 bits per heavy atom. The van der Waals surface area contributed by atoms with Crippen molar-refractivity contribution in [3.63, 3.8) is 0 Å². The number of hydrogen-bond acceptors (Lipinski definition) is 5. The molecule has 7 heteroatoms. The lowest BCUT2D eigenvalue weighted by Gasteiger charge is -2.36. The molecule has 2 amide bonds. The van der Waals surface area contributed by atoms with Crippen LogP contribution in [0.25, 0.3) is 0 Å². The molecule has 2 aliphatic heterocycles. The van der Waals surface area contributed by atoms with Gasteiger partial charge in [-0.3, -0.25) is 14.6 Å². The summed E-state index contributed by atoms with van der Waals surface area (Å²) in [5, 5.41) is 5.88. The number of aromatic nitrogens is 1. The summed E-state index contributed by atoms with van der Waals surface area (Å²) in [5.41, 5.74) is 4.35. The molecule has 0 N–H and O–H groups in total. The van der Waals surface area contributed by atoms with E-state index in [9.17, 15) is 9.59 Å². The highest BCUT2D eigenvalue weighted by molar-refractivity contribution is 6.40. The zero-order valence-corrected chi connectivity index (χ0v) is 16.8. The number of benzene rings is 1. The van der Waals surface area contributed by atoms with E-state index in [-0.39, 0.29) is 11.8 Å². The summed E-state index contributed by atoms with van der Waals surface area (Å²) in [6.45, 7) is 6.74. The van der Waals surface area contributed by atoms with E-state index in [1.54, 1.807) is 12.4 Å². The summed E-state index contributed by atoms with van der Waals surface area (Å²) in [5.74, 6) is -0.139. The molecule has 1 saturated heterocycles. The van der Waals surface area contributed by atoms with Crippen LogP contribution in [0.5, 0.6) is 0 Å². The normalized spacial score (nSPS) is 17.4. The number of anilines is 2. The minimum Gasteiger partial charge on any atom is -0.368 e. The average Bonchev–Trinajstić information content (AvgIpc) is 2.76. The minimum absolute atomic E-state index is 0.0674. The Labute approximate surface area is 170 Å². The van der Waals surface area contributed by atoms with E-state index in [1.807, 2.05) is 49.1 Å². The lowest BCUT2D eigenvalue weighted by atomic mass is 10.1. The fourth-order valence-corrected chi connectivity index (χ4v) is 3.75. The van der Waals surface area contributed by atoms with Gasteiger partial charge in [0, 0.05) is 57.1 Å². The van der Waals surface area contributed by atoms with Crippen LogP contribution in [0.15, 0.2) is 47.8 Å². The lowest BCUT2D eigenvalue weighted by molar-refractivity contribution is -0.124. The SMILES string of the molecule is Cc1ccc(C)c(N2N=C(C(=O)N3CCN(c4ccncc4)CC3)CCC2=O)c1. The van der Waals surface area contributed by atoms with Gasteiger partial charge >= 0.3 is 0 Å². The van der Waals surface area contributed by atoms with Gasteiger partial charge in [-0.2, -0.15) is 5.10 Å². The zero-order chi connectivity index (χ0) is 20.4. The molecule has 0 radical (unpaired) electrons. The summed E-state index contributed by atoms with van der Waals surface area (Å²) < 4.78 is 0. The molecule has 0 unspecified atom stereocenters. The molecule has 1 fully saturated rings. The molecule has 3 heterocycles. The van der Waals surface area contributed by atoms with Crippen LogP contribution in [-0.2, 0) is 9.59 Å². The van der Waals surface area contributed by atoms with Crippen LogP contribution >= 0.6 is 0 Å². The van der Waals surface area contributed by atoms with Crippen LogP contribution in [0.2, 0.25) is 0 Å². The molecule has 1 aromatic carbocycles. The van der Waals surface area contributed by atoms with E-state index in [1.165, 1.54) is 5.01 Å². The molecule has 4 rings (SSSR count). The number of rotatable bonds is 3. The van der Waals surface area contributed by atoms with E-state index < -0.39 is 0 Å². The summed E-state index contributed by atoms with van der Waals surface area (Å²) in [7, 11) is 0. The van der Waals surface area contributed by atoms with Gasteiger partial charge in [-0.15, -0.1) is 0 Å². The third-order valence-corrected chi connectivity index (χ3v) is 5.47. The van der Waals surface area contributed by atoms with Gasteiger partial charge in [0.25, 0.3) is 5.91 Å². The maximum Gasteiger partial charge on any atom is 0.270 e.